The van der Waals surface area contributed by atoms with E-state index in [1.54, 1.807) is 6.33 Å². The fourth-order valence-electron chi connectivity index (χ4n) is 4.62. The highest BCUT2D eigenvalue weighted by Crippen LogP contribution is 2.23. The van der Waals surface area contributed by atoms with Crippen molar-refractivity contribution in [2.45, 2.75) is 18.9 Å². The van der Waals surface area contributed by atoms with Crippen LogP contribution in [-0.2, 0) is 0 Å². The van der Waals surface area contributed by atoms with Gasteiger partial charge >= 0.3 is 6.03 Å². The molecule has 4 aromatic rings. The van der Waals surface area contributed by atoms with Crippen LogP contribution in [0.2, 0.25) is 0 Å². The number of pyridine rings is 1. The van der Waals surface area contributed by atoms with Crippen LogP contribution in [0.5, 0.6) is 0 Å². The molecule has 1 aromatic carbocycles. The number of H-pyrrole nitrogens is 1. The minimum Gasteiger partial charge on any atom is -0.382 e. The first-order valence-corrected chi connectivity index (χ1v) is 13.3. The zero-order valence-corrected chi connectivity index (χ0v) is 22.4. The van der Waals surface area contributed by atoms with Gasteiger partial charge in [-0.2, -0.15) is 0 Å². The second-order valence-electron chi connectivity index (χ2n) is 9.98. The van der Waals surface area contributed by atoms with Crippen molar-refractivity contribution in [3.8, 4) is 11.3 Å². The van der Waals surface area contributed by atoms with Crippen LogP contribution in [0.1, 0.15) is 12.8 Å². The molecule has 202 valence electrons. The molecule has 0 aliphatic carbocycles. The molecule has 1 aliphatic heterocycles. The number of fused-ring (bicyclic) bond motifs is 1. The van der Waals surface area contributed by atoms with E-state index in [-0.39, 0.29) is 12.1 Å². The number of carbonyl (C=O) groups is 1. The van der Waals surface area contributed by atoms with Crippen molar-refractivity contribution in [2.24, 2.45) is 0 Å². The summed E-state index contributed by atoms with van der Waals surface area (Å²) < 4.78 is 0. The van der Waals surface area contributed by atoms with Crippen molar-refractivity contribution in [3.63, 3.8) is 0 Å². The summed E-state index contributed by atoms with van der Waals surface area (Å²) in [7, 11) is 4.08. The van der Waals surface area contributed by atoms with E-state index in [9.17, 15) is 4.79 Å². The van der Waals surface area contributed by atoms with Crippen molar-refractivity contribution in [3.05, 3.63) is 73.3 Å². The van der Waals surface area contributed by atoms with E-state index in [0.717, 1.165) is 72.0 Å². The first-order valence-electron chi connectivity index (χ1n) is 13.3. The fourth-order valence-corrected chi connectivity index (χ4v) is 4.62. The largest absolute Gasteiger partial charge is 0.382 e. The van der Waals surface area contributed by atoms with E-state index in [1.807, 2.05) is 67.8 Å². The summed E-state index contributed by atoms with van der Waals surface area (Å²) in [5.74, 6) is 0.736. The summed E-state index contributed by atoms with van der Waals surface area (Å²) in [5, 5.41) is 11.0. The van der Waals surface area contributed by atoms with Gasteiger partial charge in [0.2, 0.25) is 0 Å². The van der Waals surface area contributed by atoms with Crippen LogP contribution >= 0.6 is 0 Å². The van der Waals surface area contributed by atoms with Crippen LogP contribution in [0.4, 0.5) is 22.0 Å². The second kappa shape index (κ2) is 12.4. The lowest BCUT2D eigenvalue weighted by Crippen LogP contribution is -2.46. The molecular formula is C29H35N9O. The second-order valence-corrected chi connectivity index (χ2v) is 9.98. The smallest absolute Gasteiger partial charge is 0.321 e. The zero-order valence-electron chi connectivity index (χ0n) is 22.4. The third-order valence-corrected chi connectivity index (χ3v) is 6.60. The zero-order chi connectivity index (χ0) is 27.0. The summed E-state index contributed by atoms with van der Waals surface area (Å²) in [5.41, 5.74) is 4.31. The van der Waals surface area contributed by atoms with E-state index in [0.29, 0.717) is 6.54 Å². The maximum absolute atomic E-state index is 13.1. The average Bonchev–Trinajstić information content (AvgIpc) is 3.41. The number of aromatic nitrogens is 4. The van der Waals surface area contributed by atoms with E-state index in [1.165, 1.54) is 0 Å². The molecule has 2 amide bonds. The van der Waals surface area contributed by atoms with E-state index >= 15 is 0 Å². The predicted molar refractivity (Wildman–Crippen MR) is 157 cm³/mol. The minimum atomic E-state index is -0.0983. The molecule has 1 fully saturated rings. The van der Waals surface area contributed by atoms with Gasteiger partial charge in [-0.25, -0.2) is 19.7 Å². The number of likely N-dealkylation sites (tertiary alicyclic amines) is 1. The molecule has 1 unspecified atom stereocenters. The molecule has 3 aromatic heterocycles. The van der Waals surface area contributed by atoms with Gasteiger partial charge in [-0.15, -0.1) is 0 Å². The van der Waals surface area contributed by atoms with Crippen molar-refractivity contribution in [1.82, 2.24) is 29.7 Å². The molecule has 4 heterocycles. The summed E-state index contributed by atoms with van der Waals surface area (Å²) >= 11 is 0. The Labute approximate surface area is 228 Å². The number of amides is 2. The van der Waals surface area contributed by atoms with Gasteiger partial charge < -0.3 is 30.7 Å². The lowest BCUT2D eigenvalue weighted by atomic mass is 10.1. The predicted octanol–water partition coefficient (Wildman–Crippen LogP) is 4.66. The number of hydrogen-bond acceptors (Lipinski definition) is 7. The topological polar surface area (TPSA) is 114 Å². The van der Waals surface area contributed by atoms with E-state index < -0.39 is 0 Å². The molecular weight excluding hydrogens is 490 g/mol. The molecule has 1 atom stereocenters. The van der Waals surface area contributed by atoms with E-state index in [2.05, 4.69) is 59.0 Å². The Kier molecular flexibility index (Phi) is 8.33. The number of likely N-dealkylation sites (N-methyl/N-ethyl adjacent to an activating group) is 1. The number of benzene rings is 1. The third-order valence-electron chi connectivity index (χ3n) is 6.60. The van der Waals surface area contributed by atoms with Crippen LogP contribution in [0.25, 0.3) is 22.3 Å². The monoisotopic (exact) mass is 525 g/mol. The highest BCUT2D eigenvalue weighted by Gasteiger charge is 2.24. The van der Waals surface area contributed by atoms with Gasteiger partial charge in [0.15, 0.2) is 0 Å². The lowest BCUT2D eigenvalue weighted by Gasteiger charge is -2.33. The summed E-state index contributed by atoms with van der Waals surface area (Å²) in [6.45, 7) is 2.95. The number of piperidine rings is 1. The molecule has 10 nitrogen and oxygen atoms in total. The SMILES string of the molecule is CN(C)C/C=C/CNc1cccc(NC(=O)N2CCCC(Nc3cc(-c4cnc5[nH]ccc5c4)ncn3)C2)c1. The van der Waals surface area contributed by atoms with E-state index in [4.69, 9.17) is 0 Å². The Bertz CT molecular complexity index is 1430. The number of anilines is 3. The average molecular weight is 526 g/mol. The number of aromatic amines is 1. The molecule has 1 saturated heterocycles. The molecule has 10 heteroatoms. The van der Waals surface area contributed by atoms with Crippen molar-refractivity contribution >= 4 is 34.3 Å². The van der Waals surface area contributed by atoms with Crippen LogP contribution in [-0.4, -0.2) is 82.1 Å². The van der Waals surface area contributed by atoms with Gasteiger partial charge in [-0.05, 0) is 57.3 Å². The Balaban J connectivity index is 1.16. The standard InChI is InChI=1S/C29H35N9O/c1-37(2)13-4-3-11-30-23-7-5-8-24(16-23)36-29(39)38-14-6-9-25(19-38)35-27-17-26(33-20-34-27)22-15-21-10-12-31-28(21)32-18-22/h3-5,7-8,10,12,15-18,20,25,30H,6,9,11,13-14,19H2,1-2H3,(H,31,32)(H,36,39)(H,33,34,35)/b4-3+. The summed E-state index contributed by atoms with van der Waals surface area (Å²) in [6.07, 6.45) is 11.3. The lowest BCUT2D eigenvalue weighted by molar-refractivity contribution is 0.196. The number of carbonyl (C=O) groups excluding carboxylic acids is 1. The number of hydrogen-bond donors (Lipinski definition) is 4. The van der Waals surface area contributed by atoms with Gasteiger partial charge in [-0.3, -0.25) is 0 Å². The number of rotatable bonds is 9. The van der Waals surface area contributed by atoms with Gasteiger partial charge in [0.25, 0.3) is 0 Å². The normalized spacial score (nSPS) is 15.7. The molecule has 0 saturated carbocycles. The molecule has 4 N–H and O–H groups in total. The third kappa shape index (κ3) is 7.11. The van der Waals surface area contributed by atoms with Crippen molar-refractivity contribution in [1.29, 1.82) is 0 Å². The van der Waals surface area contributed by atoms with Crippen molar-refractivity contribution in [2.75, 3.05) is 56.2 Å². The molecule has 39 heavy (non-hydrogen) atoms. The Morgan fingerprint density at radius 3 is 2.92 bits per heavy atom. The number of nitrogens with zero attached hydrogens (tertiary/aromatic N) is 5. The Morgan fingerprint density at radius 2 is 2.03 bits per heavy atom. The van der Waals surface area contributed by atoms with Crippen LogP contribution in [0.15, 0.2) is 73.3 Å². The van der Waals surface area contributed by atoms with Crippen LogP contribution < -0.4 is 16.0 Å². The molecule has 0 spiro atoms. The summed E-state index contributed by atoms with van der Waals surface area (Å²) in [4.78, 5) is 33.5. The number of nitrogens with one attached hydrogen (secondary N) is 4. The van der Waals surface area contributed by atoms with Gasteiger partial charge in [0.05, 0.1) is 5.69 Å². The highest BCUT2D eigenvalue weighted by molar-refractivity contribution is 5.90. The van der Waals surface area contributed by atoms with Crippen molar-refractivity contribution < 1.29 is 4.79 Å². The fraction of sp³-hybridized carbons (Fsp3) is 0.310. The molecule has 5 rings (SSSR count). The van der Waals surface area contributed by atoms with Gasteiger partial charge in [0, 0.05) is 73.0 Å². The molecule has 0 bridgehead atoms. The Morgan fingerprint density at radius 1 is 1.13 bits per heavy atom. The number of urea groups is 1. The molecule has 1 aliphatic rings. The minimum absolute atomic E-state index is 0.0967. The molecule has 0 radical (unpaired) electrons. The van der Waals surface area contributed by atoms with Crippen LogP contribution in [0.3, 0.4) is 0 Å². The quantitative estimate of drug-likeness (QED) is 0.235. The van der Waals surface area contributed by atoms with Crippen LogP contribution in [0, 0.1) is 0 Å². The first kappa shape index (κ1) is 26.2. The van der Waals surface area contributed by atoms with Gasteiger partial charge in [0.1, 0.15) is 17.8 Å². The highest BCUT2D eigenvalue weighted by atomic mass is 16.2. The maximum atomic E-state index is 13.1. The maximum Gasteiger partial charge on any atom is 0.321 e. The summed E-state index contributed by atoms with van der Waals surface area (Å²) in [6, 6.07) is 13.8. The first-order chi connectivity index (χ1) is 19.0. The van der Waals surface area contributed by atoms with Gasteiger partial charge in [-0.1, -0.05) is 18.2 Å². The Hall–Kier alpha value is -4.44.